The molecule has 0 aliphatic carbocycles. The van der Waals surface area contributed by atoms with Crippen molar-refractivity contribution in [1.29, 1.82) is 0 Å². The van der Waals surface area contributed by atoms with Gasteiger partial charge in [0.15, 0.2) is 0 Å². The highest BCUT2D eigenvalue weighted by Crippen LogP contribution is 2.23. The van der Waals surface area contributed by atoms with Crippen LogP contribution in [0.2, 0.25) is 0 Å². The normalized spacial score (nSPS) is 10.2. The van der Waals surface area contributed by atoms with Crippen LogP contribution in [0.4, 0.5) is 11.4 Å². The van der Waals surface area contributed by atoms with E-state index in [0.717, 1.165) is 0 Å². The Labute approximate surface area is 164 Å². The second-order valence-electron chi connectivity index (χ2n) is 6.04. The van der Waals surface area contributed by atoms with E-state index in [1.807, 2.05) is 0 Å². The minimum absolute atomic E-state index is 0.109. The number of rotatable bonds is 10. The summed E-state index contributed by atoms with van der Waals surface area (Å²) in [5.41, 5.74) is 1.24. The van der Waals surface area contributed by atoms with E-state index in [1.165, 1.54) is 24.3 Å². The largest absolute Gasteiger partial charge is 0.480 e. The van der Waals surface area contributed by atoms with Gasteiger partial charge in [0.25, 0.3) is 0 Å². The molecular weight excluding hydrogens is 384 g/mol. The number of hydrogen-bond donors (Lipinski definition) is 6. The SMILES string of the molecule is O=C(O)CNc1ccc(Cc2ccc(NCC(=O)O)c(C(=O)O)c2)cc1C(=O)O. The van der Waals surface area contributed by atoms with Crippen molar-refractivity contribution >= 4 is 35.3 Å². The van der Waals surface area contributed by atoms with Crippen molar-refractivity contribution in [1.82, 2.24) is 0 Å². The van der Waals surface area contributed by atoms with Crippen LogP contribution in [-0.2, 0) is 16.0 Å². The van der Waals surface area contributed by atoms with Crippen LogP contribution in [0.15, 0.2) is 36.4 Å². The van der Waals surface area contributed by atoms with Gasteiger partial charge < -0.3 is 31.1 Å². The lowest BCUT2D eigenvalue weighted by Crippen LogP contribution is -2.15. The maximum Gasteiger partial charge on any atom is 0.337 e. The van der Waals surface area contributed by atoms with Crippen molar-refractivity contribution < 1.29 is 39.6 Å². The van der Waals surface area contributed by atoms with Crippen LogP contribution in [0, 0.1) is 0 Å². The Kier molecular flexibility index (Phi) is 6.75. The van der Waals surface area contributed by atoms with Crippen molar-refractivity contribution in [3.63, 3.8) is 0 Å². The van der Waals surface area contributed by atoms with E-state index in [9.17, 15) is 29.4 Å². The molecule has 0 aliphatic rings. The van der Waals surface area contributed by atoms with Crippen molar-refractivity contribution in [2.75, 3.05) is 23.7 Å². The molecule has 0 saturated carbocycles. The number of carboxylic acids is 4. The van der Waals surface area contributed by atoms with Crippen LogP contribution < -0.4 is 10.6 Å². The lowest BCUT2D eigenvalue weighted by atomic mass is 9.99. The summed E-state index contributed by atoms with van der Waals surface area (Å²) in [6, 6.07) is 8.86. The Hall–Kier alpha value is -4.08. The number of hydrogen-bond acceptors (Lipinski definition) is 6. The van der Waals surface area contributed by atoms with Gasteiger partial charge in [-0.15, -0.1) is 0 Å². The minimum atomic E-state index is -1.24. The first kappa shape index (κ1) is 21.2. The van der Waals surface area contributed by atoms with Gasteiger partial charge in [-0.3, -0.25) is 9.59 Å². The summed E-state index contributed by atoms with van der Waals surface area (Å²) in [6.45, 7) is -0.876. The summed E-state index contributed by atoms with van der Waals surface area (Å²) in [7, 11) is 0. The van der Waals surface area contributed by atoms with Gasteiger partial charge in [0, 0.05) is 11.4 Å². The van der Waals surface area contributed by atoms with Crippen molar-refractivity contribution in [3.05, 3.63) is 58.7 Å². The predicted octanol–water partition coefficient (Wildman–Crippen LogP) is 1.67. The Balaban J connectivity index is 2.28. The molecule has 29 heavy (non-hydrogen) atoms. The summed E-state index contributed by atoms with van der Waals surface area (Å²) in [4.78, 5) is 44.3. The molecular formula is C19H18N2O8. The van der Waals surface area contributed by atoms with Crippen molar-refractivity contribution in [2.45, 2.75) is 6.42 Å². The highest BCUT2D eigenvalue weighted by Gasteiger charge is 2.15. The lowest BCUT2D eigenvalue weighted by molar-refractivity contribution is -0.135. The molecule has 10 nitrogen and oxygen atoms in total. The Morgan fingerprint density at radius 1 is 0.655 bits per heavy atom. The number of anilines is 2. The summed E-state index contributed by atoms with van der Waals surface area (Å²) in [5.74, 6) is -4.75. The Morgan fingerprint density at radius 2 is 1.03 bits per heavy atom. The molecule has 6 N–H and O–H groups in total. The third-order valence-corrected chi connectivity index (χ3v) is 3.90. The van der Waals surface area contributed by atoms with Crippen molar-refractivity contribution in [3.8, 4) is 0 Å². The van der Waals surface area contributed by atoms with Crippen molar-refractivity contribution in [2.24, 2.45) is 0 Å². The summed E-state index contributed by atoms with van der Waals surface area (Å²) in [6.07, 6.45) is 0.221. The molecule has 0 heterocycles. The molecule has 0 saturated heterocycles. The van der Waals surface area contributed by atoms with Gasteiger partial charge in [0.05, 0.1) is 11.1 Å². The summed E-state index contributed by atoms with van der Waals surface area (Å²) >= 11 is 0. The molecule has 0 unspecified atom stereocenters. The van der Waals surface area contributed by atoms with Gasteiger partial charge in [-0.05, 0) is 41.8 Å². The maximum absolute atomic E-state index is 11.5. The van der Waals surface area contributed by atoms with Crippen LogP contribution in [-0.4, -0.2) is 57.4 Å². The van der Waals surface area contributed by atoms with E-state index in [0.29, 0.717) is 11.1 Å². The number of carbonyl (C=O) groups is 4. The van der Waals surface area contributed by atoms with E-state index in [1.54, 1.807) is 12.1 Å². The minimum Gasteiger partial charge on any atom is -0.480 e. The zero-order valence-corrected chi connectivity index (χ0v) is 15.0. The fourth-order valence-corrected chi connectivity index (χ4v) is 2.64. The highest BCUT2D eigenvalue weighted by atomic mass is 16.4. The molecule has 0 aromatic heterocycles. The molecule has 2 aromatic carbocycles. The van der Waals surface area contributed by atoms with Gasteiger partial charge in [-0.25, -0.2) is 9.59 Å². The van der Waals surface area contributed by atoms with Crippen LogP contribution in [0.1, 0.15) is 31.8 Å². The average Bonchev–Trinajstić information content (AvgIpc) is 2.65. The first-order chi connectivity index (χ1) is 13.7. The van der Waals surface area contributed by atoms with Gasteiger partial charge in [-0.1, -0.05) is 12.1 Å². The zero-order valence-electron chi connectivity index (χ0n) is 15.0. The van der Waals surface area contributed by atoms with E-state index < -0.39 is 37.0 Å². The number of aromatic carboxylic acids is 2. The number of aliphatic carboxylic acids is 2. The fourth-order valence-electron chi connectivity index (χ4n) is 2.64. The molecule has 152 valence electrons. The third kappa shape index (κ3) is 5.96. The summed E-state index contributed by atoms with van der Waals surface area (Å²) < 4.78 is 0. The number of nitrogens with one attached hydrogen (secondary N) is 2. The first-order valence-electron chi connectivity index (χ1n) is 8.31. The fraction of sp³-hybridized carbons (Fsp3) is 0.158. The number of benzene rings is 2. The summed E-state index contributed by atoms with van der Waals surface area (Å²) in [5, 5.41) is 41.2. The quantitative estimate of drug-likeness (QED) is 0.343. The molecule has 0 bridgehead atoms. The van der Waals surface area contributed by atoms with Gasteiger partial charge in [0.2, 0.25) is 0 Å². The molecule has 0 spiro atoms. The second kappa shape index (κ2) is 9.22. The van der Waals surface area contributed by atoms with E-state index >= 15 is 0 Å². The molecule has 0 aliphatic heterocycles. The maximum atomic E-state index is 11.5. The molecule has 2 aromatic rings. The van der Waals surface area contributed by atoms with E-state index in [-0.39, 0.29) is 28.9 Å². The molecule has 0 radical (unpaired) electrons. The monoisotopic (exact) mass is 402 g/mol. The standard InChI is InChI=1S/C19H18N2O8/c22-16(23)8-20-14-3-1-10(6-12(14)18(26)27)5-11-2-4-15(21-9-17(24)25)13(7-11)19(28)29/h1-4,6-7,20-21H,5,8-9H2,(H,22,23)(H,24,25)(H,26,27)(H,28,29). The number of carboxylic acid groups (broad SMARTS) is 4. The molecule has 0 amide bonds. The third-order valence-electron chi connectivity index (χ3n) is 3.90. The van der Waals surface area contributed by atoms with Gasteiger partial charge in [-0.2, -0.15) is 0 Å². The lowest BCUT2D eigenvalue weighted by Gasteiger charge is -2.12. The molecule has 2 rings (SSSR count). The second-order valence-corrected chi connectivity index (χ2v) is 6.04. The van der Waals surface area contributed by atoms with Crippen LogP contribution in [0.3, 0.4) is 0 Å². The molecule has 10 heteroatoms. The highest BCUT2D eigenvalue weighted by molar-refractivity contribution is 5.96. The Bertz CT molecular complexity index is 893. The van der Waals surface area contributed by atoms with Crippen LogP contribution in [0.25, 0.3) is 0 Å². The van der Waals surface area contributed by atoms with E-state index in [4.69, 9.17) is 10.2 Å². The molecule has 0 atom stereocenters. The Morgan fingerprint density at radius 3 is 1.34 bits per heavy atom. The zero-order chi connectivity index (χ0) is 21.6. The predicted molar refractivity (Wildman–Crippen MR) is 102 cm³/mol. The average molecular weight is 402 g/mol. The topological polar surface area (TPSA) is 173 Å². The van der Waals surface area contributed by atoms with Gasteiger partial charge in [0.1, 0.15) is 13.1 Å². The smallest absolute Gasteiger partial charge is 0.337 e. The van der Waals surface area contributed by atoms with Gasteiger partial charge >= 0.3 is 23.9 Å². The van der Waals surface area contributed by atoms with Crippen LogP contribution >= 0.6 is 0 Å². The first-order valence-corrected chi connectivity index (χ1v) is 8.31. The van der Waals surface area contributed by atoms with Crippen LogP contribution in [0.5, 0.6) is 0 Å². The van der Waals surface area contributed by atoms with E-state index in [2.05, 4.69) is 10.6 Å². The molecule has 0 fully saturated rings.